The van der Waals surface area contributed by atoms with E-state index in [1.165, 1.54) is 54.3 Å². The third-order valence-corrected chi connectivity index (χ3v) is 16.3. The molecular formula is C25H34S3Si. The van der Waals surface area contributed by atoms with Crippen LogP contribution in [0.5, 0.6) is 0 Å². The number of aryl methyl sites for hydroxylation is 3. The number of thiophene rings is 3. The molecule has 0 spiro atoms. The topological polar surface area (TPSA) is 0 Å². The second kappa shape index (κ2) is 8.82. The Labute approximate surface area is 190 Å². The molecule has 4 heteroatoms. The summed E-state index contributed by atoms with van der Waals surface area (Å²) in [5.74, 6) is 0.845. The summed E-state index contributed by atoms with van der Waals surface area (Å²) in [7, 11) is -1.91. The molecule has 3 aromatic heterocycles. The highest BCUT2D eigenvalue weighted by Gasteiger charge is 2.51. The van der Waals surface area contributed by atoms with E-state index in [4.69, 9.17) is 0 Å². The van der Waals surface area contributed by atoms with Crippen LogP contribution in [0.4, 0.5) is 0 Å². The highest BCUT2D eigenvalue weighted by molar-refractivity contribution is 7.38. The van der Waals surface area contributed by atoms with Crippen LogP contribution in [0.15, 0.2) is 24.3 Å². The summed E-state index contributed by atoms with van der Waals surface area (Å²) in [6, 6.07) is 11.6. The Kier molecular flexibility index (Phi) is 6.55. The van der Waals surface area contributed by atoms with E-state index in [1.54, 1.807) is 29.5 Å². The predicted molar refractivity (Wildman–Crippen MR) is 138 cm³/mol. The van der Waals surface area contributed by atoms with Crippen LogP contribution in [-0.2, 0) is 6.42 Å². The summed E-state index contributed by atoms with van der Waals surface area (Å²) in [4.78, 5) is 7.83. The Morgan fingerprint density at radius 3 is 2.07 bits per heavy atom. The van der Waals surface area contributed by atoms with Crippen LogP contribution in [0.2, 0.25) is 6.04 Å². The van der Waals surface area contributed by atoms with E-state index < -0.39 is 8.07 Å². The van der Waals surface area contributed by atoms with Crippen molar-refractivity contribution in [3.63, 3.8) is 0 Å². The second-order valence-corrected chi connectivity index (χ2v) is 16.6. The fourth-order valence-electron chi connectivity index (χ4n) is 5.10. The van der Waals surface area contributed by atoms with Gasteiger partial charge in [0.1, 0.15) is 0 Å². The lowest BCUT2D eigenvalue weighted by molar-refractivity contribution is 0.488. The molecule has 0 saturated heterocycles. The minimum absolute atomic E-state index is 0.845. The van der Waals surface area contributed by atoms with E-state index in [0.717, 1.165) is 5.92 Å². The zero-order valence-electron chi connectivity index (χ0n) is 18.6. The molecule has 0 aliphatic carbocycles. The van der Waals surface area contributed by atoms with Gasteiger partial charge in [0.15, 0.2) is 8.07 Å². The zero-order valence-corrected chi connectivity index (χ0v) is 22.0. The van der Waals surface area contributed by atoms with Crippen molar-refractivity contribution in [2.45, 2.75) is 79.2 Å². The molecule has 0 radical (unpaired) electrons. The van der Waals surface area contributed by atoms with Gasteiger partial charge in [-0.15, -0.1) is 34.0 Å². The number of rotatable bonds is 9. The van der Waals surface area contributed by atoms with Gasteiger partial charge in [-0.2, -0.15) is 0 Å². The standard InChI is InChI=1S/C25H34S3Si/c1-6-9-11-19(8-3)16-29(23-13-12-20(28-23)10-7-2)21-14-17(4)26-24(21)25-22(29)15-18(5)27-25/h12-15,19H,6-11,16H2,1-5H3. The molecule has 4 rings (SSSR count). The number of unbranched alkanes of at least 4 members (excludes halogenated alkanes) is 1. The molecule has 29 heavy (non-hydrogen) atoms. The first-order valence-electron chi connectivity index (χ1n) is 11.3. The normalized spacial score (nSPS) is 15.5. The van der Waals surface area contributed by atoms with Crippen LogP contribution in [-0.4, -0.2) is 8.07 Å². The van der Waals surface area contributed by atoms with Gasteiger partial charge in [-0.05, 0) is 60.8 Å². The molecule has 0 bridgehead atoms. The smallest absolute Gasteiger partial charge is 0.149 e. The van der Waals surface area contributed by atoms with Gasteiger partial charge in [-0.3, -0.25) is 0 Å². The van der Waals surface area contributed by atoms with Gasteiger partial charge >= 0.3 is 0 Å². The summed E-state index contributed by atoms with van der Waals surface area (Å²) >= 11 is 6.24. The molecule has 3 aromatic rings. The Balaban J connectivity index is 1.90. The van der Waals surface area contributed by atoms with Crippen molar-refractivity contribution in [3.8, 4) is 9.75 Å². The van der Waals surface area contributed by atoms with E-state index in [0.29, 0.717) is 0 Å². The first kappa shape index (κ1) is 21.5. The van der Waals surface area contributed by atoms with Gasteiger partial charge in [-0.25, -0.2) is 0 Å². The first-order chi connectivity index (χ1) is 14.0. The Morgan fingerprint density at radius 1 is 0.862 bits per heavy atom. The average molecular weight is 459 g/mol. The van der Waals surface area contributed by atoms with Gasteiger partial charge in [0.25, 0.3) is 0 Å². The van der Waals surface area contributed by atoms with Crippen LogP contribution in [0.1, 0.15) is 67.5 Å². The number of hydrogen-bond donors (Lipinski definition) is 0. The average Bonchev–Trinajstić information content (AvgIpc) is 3.44. The van der Waals surface area contributed by atoms with Crippen LogP contribution < -0.4 is 14.9 Å². The third kappa shape index (κ3) is 3.75. The largest absolute Gasteiger partial charge is 0.164 e. The third-order valence-electron chi connectivity index (χ3n) is 6.55. The molecule has 1 aliphatic heterocycles. The van der Waals surface area contributed by atoms with Crippen LogP contribution in [0.25, 0.3) is 9.75 Å². The van der Waals surface area contributed by atoms with Crippen molar-refractivity contribution in [2.75, 3.05) is 0 Å². The van der Waals surface area contributed by atoms with Crippen molar-refractivity contribution in [1.82, 2.24) is 0 Å². The lowest BCUT2D eigenvalue weighted by atomic mass is 10.0. The summed E-state index contributed by atoms with van der Waals surface area (Å²) in [6.45, 7) is 11.7. The zero-order chi connectivity index (χ0) is 20.6. The summed E-state index contributed by atoms with van der Waals surface area (Å²) in [5, 5.41) is 3.50. The minimum Gasteiger partial charge on any atom is -0.149 e. The lowest BCUT2D eigenvalue weighted by Gasteiger charge is -2.31. The maximum atomic E-state index is 2.58. The van der Waals surface area contributed by atoms with Crippen LogP contribution in [0.3, 0.4) is 0 Å². The van der Waals surface area contributed by atoms with Crippen LogP contribution >= 0.6 is 34.0 Å². The molecule has 4 heterocycles. The van der Waals surface area contributed by atoms with E-state index in [2.05, 4.69) is 70.2 Å². The summed E-state index contributed by atoms with van der Waals surface area (Å²) in [6.07, 6.45) is 7.88. The molecular weight excluding hydrogens is 425 g/mol. The fraction of sp³-hybridized carbons (Fsp3) is 0.520. The van der Waals surface area contributed by atoms with E-state index >= 15 is 0 Å². The number of fused-ring (bicyclic) bond motifs is 3. The Bertz CT molecular complexity index is 928. The molecule has 0 fully saturated rings. The molecule has 0 amide bonds. The second-order valence-electron chi connectivity index (χ2n) is 8.74. The Morgan fingerprint density at radius 2 is 1.52 bits per heavy atom. The highest BCUT2D eigenvalue weighted by Crippen LogP contribution is 2.42. The SMILES string of the molecule is CCCCC(CC)C[Si]1(c2ccc(CCC)s2)c2cc(C)sc2-c2sc(C)cc21. The minimum atomic E-state index is -1.91. The monoisotopic (exact) mass is 458 g/mol. The van der Waals surface area contributed by atoms with Crippen molar-refractivity contribution in [2.24, 2.45) is 5.92 Å². The molecule has 1 aliphatic rings. The molecule has 0 aromatic carbocycles. The van der Waals surface area contributed by atoms with Crippen molar-refractivity contribution in [1.29, 1.82) is 0 Å². The molecule has 0 N–H and O–H groups in total. The predicted octanol–water partition coefficient (Wildman–Crippen LogP) is 7.11. The van der Waals surface area contributed by atoms with Crippen molar-refractivity contribution < 1.29 is 0 Å². The maximum absolute atomic E-state index is 2.58. The maximum Gasteiger partial charge on any atom is 0.164 e. The first-order valence-corrected chi connectivity index (χ1v) is 16.0. The summed E-state index contributed by atoms with van der Waals surface area (Å²) in [5.41, 5.74) is 0. The van der Waals surface area contributed by atoms with Crippen LogP contribution in [0, 0.1) is 19.8 Å². The van der Waals surface area contributed by atoms with E-state index in [1.807, 2.05) is 22.7 Å². The van der Waals surface area contributed by atoms with E-state index in [9.17, 15) is 0 Å². The molecule has 1 unspecified atom stereocenters. The van der Waals surface area contributed by atoms with Gasteiger partial charge in [-0.1, -0.05) is 58.9 Å². The summed E-state index contributed by atoms with van der Waals surface area (Å²) < 4.78 is 1.73. The van der Waals surface area contributed by atoms with Gasteiger partial charge < -0.3 is 0 Å². The fourth-order valence-corrected chi connectivity index (χ4v) is 16.8. The molecule has 0 nitrogen and oxygen atoms in total. The molecule has 1 atom stereocenters. The highest BCUT2D eigenvalue weighted by atomic mass is 32.1. The van der Waals surface area contributed by atoms with Gasteiger partial charge in [0, 0.05) is 28.9 Å². The Hall–Kier alpha value is -0.683. The molecule has 0 saturated carbocycles. The van der Waals surface area contributed by atoms with Gasteiger partial charge in [0.2, 0.25) is 0 Å². The lowest BCUT2D eigenvalue weighted by Crippen LogP contribution is -2.64. The van der Waals surface area contributed by atoms with E-state index in [-0.39, 0.29) is 0 Å². The molecule has 156 valence electrons. The number of hydrogen-bond acceptors (Lipinski definition) is 3. The van der Waals surface area contributed by atoms with Crippen molar-refractivity contribution >= 4 is 57.0 Å². The van der Waals surface area contributed by atoms with Crippen molar-refractivity contribution in [3.05, 3.63) is 38.9 Å². The van der Waals surface area contributed by atoms with Gasteiger partial charge in [0.05, 0.1) is 0 Å². The quantitative estimate of drug-likeness (QED) is 0.300.